The van der Waals surface area contributed by atoms with Crippen LogP contribution in [0, 0.1) is 17.8 Å². The van der Waals surface area contributed by atoms with Crippen LogP contribution in [0.15, 0.2) is 35.3 Å². The fourth-order valence-electron chi connectivity index (χ4n) is 8.57. The lowest BCUT2D eigenvalue weighted by Gasteiger charge is -2.32. The summed E-state index contributed by atoms with van der Waals surface area (Å²) in [6.45, 7) is 11.8. The molecule has 2 aliphatic heterocycles. The van der Waals surface area contributed by atoms with E-state index in [0.717, 1.165) is 5.56 Å². The van der Waals surface area contributed by atoms with Gasteiger partial charge in [0.25, 0.3) is 0 Å². The van der Waals surface area contributed by atoms with Gasteiger partial charge in [-0.25, -0.2) is 4.79 Å². The Morgan fingerprint density at radius 2 is 1.21 bits per heavy atom. The molecule has 2 saturated heterocycles. The molecule has 23 heteroatoms. The highest BCUT2D eigenvalue weighted by Crippen LogP contribution is 2.22. The number of likely N-dealkylation sites (tertiary alicyclic amines) is 2. The number of aliphatic imine (C=N–C) groups is 1. The molecular formula is C48H78N12O11. The number of benzene rings is 1. The van der Waals surface area contributed by atoms with Crippen LogP contribution in [0.3, 0.4) is 0 Å². The molecule has 9 unspecified atom stereocenters. The van der Waals surface area contributed by atoms with E-state index in [4.69, 9.17) is 17.2 Å². The van der Waals surface area contributed by atoms with E-state index < -0.39 is 120 Å². The van der Waals surface area contributed by atoms with Gasteiger partial charge in [-0.2, -0.15) is 0 Å². The van der Waals surface area contributed by atoms with E-state index in [1.165, 1.54) is 16.7 Å². The van der Waals surface area contributed by atoms with Crippen molar-refractivity contribution in [1.82, 2.24) is 41.7 Å². The van der Waals surface area contributed by atoms with Crippen LogP contribution in [0.4, 0.5) is 0 Å². The van der Waals surface area contributed by atoms with Crippen molar-refractivity contribution in [3.8, 4) is 0 Å². The summed E-state index contributed by atoms with van der Waals surface area (Å²) in [6.07, 6.45) is 0.779. The molecule has 0 radical (unpaired) electrons. The van der Waals surface area contributed by atoms with E-state index >= 15 is 0 Å². The fourth-order valence-corrected chi connectivity index (χ4v) is 8.57. The van der Waals surface area contributed by atoms with Gasteiger partial charge in [0.15, 0.2) is 5.96 Å². The highest BCUT2D eigenvalue weighted by atomic mass is 16.4. The molecule has 2 aliphatic rings. The molecule has 71 heavy (non-hydrogen) atoms. The Bertz CT molecular complexity index is 2030. The van der Waals surface area contributed by atoms with Gasteiger partial charge in [-0.05, 0) is 88.0 Å². The second-order valence-corrected chi connectivity index (χ2v) is 19.6. The van der Waals surface area contributed by atoms with Gasteiger partial charge < -0.3 is 69.1 Å². The van der Waals surface area contributed by atoms with E-state index in [1.807, 2.05) is 58.0 Å². The van der Waals surface area contributed by atoms with E-state index in [9.17, 15) is 53.4 Å². The third-order valence-electron chi connectivity index (χ3n) is 12.3. The number of hydrogen-bond donors (Lipinski definition) is 11. The third kappa shape index (κ3) is 18.7. The van der Waals surface area contributed by atoms with Crippen LogP contribution < -0.4 is 49.1 Å². The predicted octanol–water partition coefficient (Wildman–Crippen LogP) is -1.65. The topological polar surface area (TPSA) is 363 Å². The molecule has 0 saturated carbocycles. The average Bonchev–Trinajstić information content (AvgIpc) is 4.00. The summed E-state index contributed by atoms with van der Waals surface area (Å²) in [5.41, 5.74) is 17.9. The molecule has 1 aromatic rings. The van der Waals surface area contributed by atoms with Gasteiger partial charge in [-0.3, -0.25) is 43.3 Å². The summed E-state index contributed by atoms with van der Waals surface area (Å²) < 4.78 is 0. The molecule has 1 aromatic carbocycles. The number of nitrogens with two attached hydrogens (primary N) is 3. The average molecular weight is 999 g/mol. The summed E-state index contributed by atoms with van der Waals surface area (Å²) >= 11 is 0. The maximum absolute atomic E-state index is 14.1. The first-order valence-corrected chi connectivity index (χ1v) is 24.6. The lowest BCUT2D eigenvalue weighted by atomic mass is 10.0. The number of nitrogens with zero attached hydrogens (tertiary/aromatic N) is 3. The van der Waals surface area contributed by atoms with E-state index in [2.05, 4.69) is 36.9 Å². The second kappa shape index (κ2) is 28.5. The number of aliphatic carboxylic acids is 1. The summed E-state index contributed by atoms with van der Waals surface area (Å²) in [6, 6.07) is -0.0690. The first-order chi connectivity index (χ1) is 33.4. The zero-order valence-corrected chi connectivity index (χ0v) is 42.1. The molecule has 8 amide bonds. The zero-order valence-electron chi connectivity index (χ0n) is 42.1. The van der Waals surface area contributed by atoms with Crippen LogP contribution in [0.2, 0.25) is 0 Å². The number of rotatable bonds is 27. The lowest BCUT2D eigenvalue weighted by Crippen LogP contribution is -2.61. The monoisotopic (exact) mass is 999 g/mol. The van der Waals surface area contributed by atoms with Crippen LogP contribution in [-0.2, 0) is 49.6 Å². The summed E-state index contributed by atoms with van der Waals surface area (Å²) in [5, 5.41) is 36.2. The summed E-state index contributed by atoms with van der Waals surface area (Å²) in [5.74, 6) is -7.43. The minimum atomic E-state index is -1.49. The molecule has 14 N–H and O–H groups in total. The summed E-state index contributed by atoms with van der Waals surface area (Å²) in [7, 11) is 0. The highest BCUT2D eigenvalue weighted by Gasteiger charge is 2.42. The van der Waals surface area contributed by atoms with Gasteiger partial charge in [0.1, 0.15) is 42.3 Å². The first kappa shape index (κ1) is 59.0. The second-order valence-electron chi connectivity index (χ2n) is 19.6. The third-order valence-corrected chi connectivity index (χ3v) is 12.3. The molecule has 396 valence electrons. The number of carbonyl (C=O) groups excluding carboxylic acids is 8. The minimum Gasteiger partial charge on any atom is -0.480 e. The normalized spacial score (nSPS) is 18.6. The number of aliphatic hydroxyl groups excluding tert-OH is 1. The molecule has 0 aromatic heterocycles. The van der Waals surface area contributed by atoms with Crippen molar-refractivity contribution in [3.05, 3.63) is 35.9 Å². The standard InChI is InChI=1S/C48H78N12O11/c1-26(2)22-33(41(64)53-25-37(62)59-20-12-17-35(59)44(67)54-32(16-11-19-52-48(50)51)42(65)57-38(28(5)6)47(70)71)56-45(68)36-18-13-21-60(36)46(69)39(29(7)61)58-43(66)34(23-27(3)4)55-40(63)31(49)24-30-14-9-8-10-15-30/h8-10,14-15,26-29,31-36,38-39,61H,11-13,16-25,49H2,1-7H3,(H,53,64)(H,54,67)(H,55,63)(H,56,68)(H,57,65)(H,58,66)(H,70,71)(H4,50,51,52). The summed E-state index contributed by atoms with van der Waals surface area (Å²) in [4.78, 5) is 128. The van der Waals surface area contributed by atoms with Gasteiger partial charge in [0.2, 0.25) is 47.3 Å². The molecule has 9 atom stereocenters. The van der Waals surface area contributed by atoms with Crippen molar-refractivity contribution in [1.29, 1.82) is 0 Å². The molecular weight excluding hydrogens is 921 g/mol. The number of carboxylic acids is 1. The zero-order chi connectivity index (χ0) is 53.1. The Labute approximate surface area is 416 Å². The van der Waals surface area contributed by atoms with E-state index in [-0.39, 0.29) is 82.4 Å². The van der Waals surface area contributed by atoms with E-state index in [1.54, 1.807) is 13.8 Å². The van der Waals surface area contributed by atoms with Gasteiger partial charge in [-0.1, -0.05) is 71.9 Å². The van der Waals surface area contributed by atoms with Gasteiger partial charge in [-0.15, -0.1) is 0 Å². The number of amides is 8. The van der Waals surface area contributed by atoms with E-state index in [0.29, 0.717) is 12.8 Å². The number of guanidine groups is 1. The van der Waals surface area contributed by atoms with Gasteiger partial charge in [0.05, 0.1) is 18.7 Å². The van der Waals surface area contributed by atoms with Crippen LogP contribution in [0.25, 0.3) is 0 Å². The van der Waals surface area contributed by atoms with Crippen LogP contribution in [0.5, 0.6) is 0 Å². The fraction of sp³-hybridized carbons (Fsp3) is 0.667. The van der Waals surface area contributed by atoms with Crippen molar-refractivity contribution in [2.24, 2.45) is 39.9 Å². The molecule has 2 heterocycles. The Morgan fingerprint density at radius 1 is 0.690 bits per heavy atom. The lowest BCUT2D eigenvalue weighted by molar-refractivity contribution is -0.145. The highest BCUT2D eigenvalue weighted by molar-refractivity contribution is 5.98. The SMILES string of the molecule is CC(C)CC(NC(=O)C(N)Cc1ccccc1)C(=O)NC(C(=O)N1CCCC1C(=O)NC(CC(C)C)C(=O)NCC(=O)N1CCCC1C(=O)NC(CCCN=C(N)N)C(=O)NC(C(=O)O)C(C)C)C(C)O. The van der Waals surface area contributed by atoms with Gasteiger partial charge >= 0.3 is 5.97 Å². The maximum atomic E-state index is 14.1. The molecule has 2 fully saturated rings. The number of carbonyl (C=O) groups is 9. The molecule has 23 nitrogen and oxygen atoms in total. The predicted molar refractivity (Wildman–Crippen MR) is 263 cm³/mol. The Balaban J connectivity index is 1.68. The van der Waals surface area contributed by atoms with Crippen molar-refractivity contribution >= 4 is 59.2 Å². The van der Waals surface area contributed by atoms with Crippen molar-refractivity contribution in [2.45, 2.75) is 161 Å². The Kier molecular flexibility index (Phi) is 23.6. The van der Waals surface area contributed by atoms with Crippen LogP contribution in [0.1, 0.15) is 105 Å². The maximum Gasteiger partial charge on any atom is 0.326 e. The molecule has 0 bridgehead atoms. The van der Waals surface area contributed by atoms with Crippen LogP contribution >= 0.6 is 0 Å². The van der Waals surface area contributed by atoms with Crippen LogP contribution in [-0.4, -0.2) is 160 Å². The Hall–Kier alpha value is -6.36. The first-order valence-electron chi connectivity index (χ1n) is 24.6. The smallest absolute Gasteiger partial charge is 0.326 e. The van der Waals surface area contributed by atoms with Crippen molar-refractivity contribution in [2.75, 3.05) is 26.2 Å². The van der Waals surface area contributed by atoms with Gasteiger partial charge in [0, 0.05) is 19.6 Å². The number of aliphatic hydroxyl groups is 1. The number of carboxylic acid groups (broad SMARTS) is 1. The Morgan fingerprint density at radius 3 is 1.75 bits per heavy atom. The number of nitrogens with one attached hydrogen (secondary N) is 6. The van der Waals surface area contributed by atoms with Crippen molar-refractivity contribution in [3.63, 3.8) is 0 Å². The largest absolute Gasteiger partial charge is 0.480 e. The minimum absolute atomic E-state index is 0.0505. The van der Waals surface area contributed by atoms with Crippen molar-refractivity contribution < 1.29 is 53.4 Å². The molecule has 0 spiro atoms. The molecule has 3 rings (SSSR count). The number of hydrogen-bond acceptors (Lipinski definition) is 12. The quantitative estimate of drug-likeness (QED) is 0.0267. The molecule has 0 aliphatic carbocycles.